The highest BCUT2D eigenvalue weighted by Gasteiger charge is 2.42. The van der Waals surface area contributed by atoms with Gasteiger partial charge in [0.1, 0.15) is 18.2 Å². The van der Waals surface area contributed by atoms with Crippen LogP contribution in [0.25, 0.3) is 0 Å². The van der Waals surface area contributed by atoms with Crippen molar-refractivity contribution >= 4 is 46.7 Å². The zero-order chi connectivity index (χ0) is 24.9. The second kappa shape index (κ2) is 10.7. The summed E-state index contributed by atoms with van der Waals surface area (Å²) in [6, 6.07) is 13.3. The van der Waals surface area contributed by atoms with Crippen LogP contribution < -0.4 is 10.6 Å². The maximum atomic E-state index is 13.5. The lowest BCUT2D eigenvalue weighted by Crippen LogP contribution is -2.47. The highest BCUT2D eigenvalue weighted by atomic mass is 32.2. The molecule has 8 nitrogen and oxygen atoms in total. The monoisotopic (exact) mass is 489 g/mol. The van der Waals surface area contributed by atoms with Crippen molar-refractivity contribution in [2.75, 3.05) is 22.6 Å². The number of hydrogen-bond acceptors (Lipinski definition) is 7. The van der Waals surface area contributed by atoms with E-state index in [1.807, 2.05) is 44.4 Å². The minimum atomic E-state index is -0.916. The number of amides is 3. The fourth-order valence-corrected chi connectivity index (χ4v) is 4.52. The lowest BCUT2D eigenvalue weighted by atomic mass is 10.1. The number of rotatable bonds is 9. The molecule has 0 saturated carbocycles. The van der Waals surface area contributed by atoms with Crippen LogP contribution in [0.4, 0.5) is 17.2 Å². The smallest absolute Gasteiger partial charge is 0.262 e. The molecule has 0 aliphatic carbocycles. The Bertz CT molecular complexity index is 1240. The molecule has 9 heteroatoms. The molecule has 1 atom stereocenters. The first-order chi connectivity index (χ1) is 16.9. The molecule has 3 amide bonds. The van der Waals surface area contributed by atoms with E-state index in [-0.39, 0.29) is 0 Å². The van der Waals surface area contributed by atoms with Crippen LogP contribution in [0.2, 0.25) is 0 Å². The fraction of sp³-hybridized carbons (Fsp3) is 0.269. The maximum absolute atomic E-state index is 13.5. The molecule has 180 valence electrons. The number of imide groups is 1. The Labute approximate surface area is 208 Å². The minimum absolute atomic E-state index is 0.333. The van der Waals surface area contributed by atoms with Crippen LogP contribution >= 0.6 is 11.8 Å². The first kappa shape index (κ1) is 24.4. The van der Waals surface area contributed by atoms with Crippen LogP contribution in [0.5, 0.6) is 0 Å². The quantitative estimate of drug-likeness (QED) is 0.428. The van der Waals surface area contributed by atoms with Gasteiger partial charge in [0, 0.05) is 23.1 Å². The van der Waals surface area contributed by atoms with E-state index in [0.29, 0.717) is 41.2 Å². The summed E-state index contributed by atoms with van der Waals surface area (Å²) in [5.41, 5.74) is 3.81. The molecule has 0 fully saturated rings. The van der Waals surface area contributed by atoms with Crippen molar-refractivity contribution in [2.24, 2.45) is 0 Å². The second-order valence-corrected chi connectivity index (χ2v) is 9.19. The molecule has 3 aromatic rings. The van der Waals surface area contributed by atoms with Crippen molar-refractivity contribution < 1.29 is 14.4 Å². The molecule has 4 rings (SSSR count). The van der Waals surface area contributed by atoms with Gasteiger partial charge in [-0.1, -0.05) is 25.1 Å². The summed E-state index contributed by atoms with van der Waals surface area (Å²) in [6.07, 6.45) is 4.47. The van der Waals surface area contributed by atoms with Crippen molar-refractivity contribution in [3.05, 3.63) is 77.2 Å². The van der Waals surface area contributed by atoms with Gasteiger partial charge in [-0.25, -0.2) is 9.97 Å². The first-order valence-electron chi connectivity index (χ1n) is 11.4. The van der Waals surface area contributed by atoms with Crippen LogP contribution in [0.3, 0.4) is 0 Å². The van der Waals surface area contributed by atoms with E-state index in [9.17, 15) is 14.4 Å². The van der Waals surface area contributed by atoms with Crippen molar-refractivity contribution in [1.82, 2.24) is 14.9 Å². The van der Waals surface area contributed by atoms with Gasteiger partial charge in [0.25, 0.3) is 11.8 Å². The average molecular weight is 490 g/mol. The number of anilines is 3. The summed E-state index contributed by atoms with van der Waals surface area (Å²) in [6.45, 7) is 3.88. The summed E-state index contributed by atoms with van der Waals surface area (Å²) in [4.78, 5) is 49.1. The Kier molecular flexibility index (Phi) is 7.45. The second-order valence-electron chi connectivity index (χ2n) is 8.21. The molecule has 1 aromatic heterocycles. The van der Waals surface area contributed by atoms with Crippen LogP contribution in [0.15, 0.2) is 54.9 Å². The average Bonchev–Trinajstić information content (AvgIpc) is 3.10. The van der Waals surface area contributed by atoms with E-state index in [2.05, 4.69) is 20.6 Å². The number of nitrogens with one attached hydrogen (secondary N) is 2. The van der Waals surface area contributed by atoms with Crippen LogP contribution in [0.1, 0.15) is 45.3 Å². The van der Waals surface area contributed by atoms with Gasteiger partial charge < -0.3 is 10.6 Å². The van der Waals surface area contributed by atoms with Crippen LogP contribution in [-0.4, -0.2) is 50.6 Å². The summed E-state index contributed by atoms with van der Waals surface area (Å²) in [5.74, 6) is 0.0104. The zero-order valence-corrected chi connectivity index (χ0v) is 20.7. The number of aromatic nitrogens is 2. The molecule has 2 heterocycles. The predicted octanol–water partition coefficient (Wildman–Crippen LogP) is 4.45. The normalized spacial score (nSPS) is 13.5. The number of fused-ring (bicyclic) bond motifs is 1. The van der Waals surface area contributed by atoms with Gasteiger partial charge in [-0.05, 0) is 61.6 Å². The molecule has 1 aliphatic rings. The van der Waals surface area contributed by atoms with Gasteiger partial charge in [-0.3, -0.25) is 19.3 Å². The summed E-state index contributed by atoms with van der Waals surface area (Å²) in [5, 5.41) is 6.22. The fourth-order valence-electron chi connectivity index (χ4n) is 4.06. The first-order valence-corrected chi connectivity index (χ1v) is 12.8. The maximum Gasteiger partial charge on any atom is 0.262 e. The molecule has 0 bridgehead atoms. The van der Waals surface area contributed by atoms with E-state index < -0.39 is 23.8 Å². The van der Waals surface area contributed by atoms with Gasteiger partial charge in [0.2, 0.25) is 5.91 Å². The van der Waals surface area contributed by atoms with Crippen LogP contribution in [-0.2, 0) is 11.2 Å². The minimum Gasteiger partial charge on any atom is -0.340 e. The van der Waals surface area contributed by atoms with Crippen molar-refractivity contribution in [2.45, 2.75) is 32.7 Å². The topological polar surface area (TPSA) is 104 Å². The molecule has 35 heavy (non-hydrogen) atoms. The van der Waals surface area contributed by atoms with E-state index in [1.54, 1.807) is 36.0 Å². The van der Waals surface area contributed by atoms with Crippen molar-refractivity contribution in [1.29, 1.82) is 0 Å². The standard InChI is InChI=1S/C26H27N5O3S/c1-4-17-9-10-18(29-23-13-16(2)27-15-28-23)14-21(17)30-24(32)22(11-12-35-3)31-25(33)19-7-5-6-8-20(19)26(31)34/h5-10,13-15,22H,4,11-12H2,1-3H3,(H,30,32)(H,27,28,29). The number of aryl methyl sites for hydroxylation is 2. The molecule has 2 N–H and O–H groups in total. The molecule has 1 unspecified atom stereocenters. The Morgan fingerprint density at radius 2 is 1.77 bits per heavy atom. The number of carbonyl (C=O) groups excluding carboxylic acids is 3. The lowest BCUT2D eigenvalue weighted by molar-refractivity contribution is -0.120. The number of hydrogen-bond donors (Lipinski definition) is 2. The molecule has 0 saturated heterocycles. The molecule has 0 radical (unpaired) electrons. The Morgan fingerprint density at radius 1 is 1.06 bits per heavy atom. The lowest BCUT2D eigenvalue weighted by Gasteiger charge is -2.26. The van der Waals surface area contributed by atoms with Crippen molar-refractivity contribution in [3.8, 4) is 0 Å². The third kappa shape index (κ3) is 5.19. The Morgan fingerprint density at radius 3 is 2.40 bits per heavy atom. The van der Waals surface area contributed by atoms with Gasteiger partial charge in [-0.15, -0.1) is 0 Å². The van der Waals surface area contributed by atoms with Crippen molar-refractivity contribution in [3.63, 3.8) is 0 Å². The van der Waals surface area contributed by atoms with Gasteiger partial charge in [0.05, 0.1) is 11.1 Å². The predicted molar refractivity (Wildman–Crippen MR) is 138 cm³/mol. The molecular formula is C26H27N5O3S. The highest BCUT2D eigenvalue weighted by molar-refractivity contribution is 7.98. The van der Waals surface area contributed by atoms with E-state index >= 15 is 0 Å². The molecule has 2 aromatic carbocycles. The Hall–Kier alpha value is -3.72. The molecule has 0 spiro atoms. The Balaban J connectivity index is 1.60. The van der Waals surface area contributed by atoms with Crippen LogP contribution in [0, 0.1) is 6.92 Å². The van der Waals surface area contributed by atoms with E-state index in [1.165, 1.54) is 6.33 Å². The zero-order valence-electron chi connectivity index (χ0n) is 19.9. The van der Waals surface area contributed by atoms with Gasteiger partial charge in [0.15, 0.2) is 0 Å². The van der Waals surface area contributed by atoms with Gasteiger partial charge >= 0.3 is 0 Å². The number of nitrogens with zero attached hydrogens (tertiary/aromatic N) is 3. The molecule has 1 aliphatic heterocycles. The van der Waals surface area contributed by atoms with E-state index in [4.69, 9.17) is 0 Å². The summed E-state index contributed by atoms with van der Waals surface area (Å²) in [7, 11) is 0. The largest absolute Gasteiger partial charge is 0.340 e. The SMILES string of the molecule is CCc1ccc(Nc2cc(C)ncn2)cc1NC(=O)C(CCSC)N1C(=O)c2ccccc2C1=O. The third-order valence-electron chi connectivity index (χ3n) is 5.86. The number of benzene rings is 2. The summed E-state index contributed by atoms with van der Waals surface area (Å²) >= 11 is 1.56. The summed E-state index contributed by atoms with van der Waals surface area (Å²) < 4.78 is 0. The highest BCUT2D eigenvalue weighted by Crippen LogP contribution is 2.28. The van der Waals surface area contributed by atoms with Gasteiger partial charge in [-0.2, -0.15) is 11.8 Å². The van der Waals surface area contributed by atoms with E-state index in [0.717, 1.165) is 21.8 Å². The number of carbonyl (C=O) groups is 3. The third-order valence-corrected chi connectivity index (χ3v) is 6.50. The number of thioether (sulfide) groups is 1. The molecular weight excluding hydrogens is 462 g/mol.